The highest BCUT2D eigenvalue weighted by Crippen LogP contribution is 2.22. The normalized spacial score (nSPS) is 24.1. The summed E-state index contributed by atoms with van der Waals surface area (Å²) in [5.74, 6) is 0.698. The van der Waals surface area contributed by atoms with Crippen LogP contribution in [0.25, 0.3) is 0 Å². The summed E-state index contributed by atoms with van der Waals surface area (Å²) < 4.78 is 6.99. The minimum absolute atomic E-state index is 0.472. The van der Waals surface area contributed by atoms with Gasteiger partial charge in [0.25, 0.3) is 0 Å². The summed E-state index contributed by atoms with van der Waals surface area (Å²) in [4.78, 5) is 0. The average Bonchev–Trinajstić information content (AvgIpc) is 2.79. The highest BCUT2D eigenvalue weighted by molar-refractivity contribution is 14.1. The Morgan fingerprint density at radius 3 is 2.82 bits per heavy atom. The van der Waals surface area contributed by atoms with Gasteiger partial charge in [0, 0.05) is 23.3 Å². The highest BCUT2D eigenvalue weighted by atomic mass is 127. The van der Waals surface area contributed by atoms with Crippen LogP contribution in [0, 0.1) is 9.49 Å². The molecule has 1 saturated heterocycles. The molecule has 0 saturated carbocycles. The van der Waals surface area contributed by atoms with E-state index >= 15 is 0 Å². The largest absolute Gasteiger partial charge is 0.378 e. The zero-order chi connectivity index (χ0) is 12.1. The lowest BCUT2D eigenvalue weighted by molar-refractivity contribution is 0.0872. The fourth-order valence-corrected chi connectivity index (χ4v) is 2.74. The lowest BCUT2D eigenvalue weighted by Crippen LogP contribution is -2.27. The predicted molar refractivity (Wildman–Crippen MR) is 79.0 cm³/mol. The summed E-state index contributed by atoms with van der Waals surface area (Å²) in [6, 6.07) is 8.70. The summed E-state index contributed by atoms with van der Waals surface area (Å²) in [5, 5.41) is 3.54. The third-order valence-electron chi connectivity index (χ3n) is 3.40. The van der Waals surface area contributed by atoms with Crippen LogP contribution in [0.15, 0.2) is 24.3 Å². The molecule has 2 unspecified atom stereocenters. The molecule has 17 heavy (non-hydrogen) atoms. The molecule has 1 aromatic carbocycles. The van der Waals surface area contributed by atoms with E-state index in [1.165, 1.54) is 15.6 Å². The number of ether oxygens (including phenoxy) is 1. The SMILES string of the molecule is CCC1OCCC1CNCc1ccc(I)cc1. The smallest absolute Gasteiger partial charge is 0.0613 e. The third-order valence-corrected chi connectivity index (χ3v) is 4.12. The van der Waals surface area contributed by atoms with Crippen molar-refractivity contribution in [1.29, 1.82) is 0 Å². The summed E-state index contributed by atoms with van der Waals surface area (Å²) in [5.41, 5.74) is 1.36. The van der Waals surface area contributed by atoms with E-state index in [4.69, 9.17) is 4.74 Å². The molecule has 0 aliphatic carbocycles. The van der Waals surface area contributed by atoms with Gasteiger partial charge in [-0.15, -0.1) is 0 Å². The second kappa shape index (κ2) is 6.71. The Morgan fingerprint density at radius 1 is 1.35 bits per heavy atom. The standard InChI is InChI=1S/C14H20INO/c1-2-14-12(7-8-17-14)10-16-9-11-3-5-13(15)6-4-11/h3-6,12,14,16H,2,7-10H2,1H3. The van der Waals surface area contributed by atoms with Crippen molar-refractivity contribution < 1.29 is 4.74 Å². The van der Waals surface area contributed by atoms with Crippen molar-refractivity contribution in [1.82, 2.24) is 5.32 Å². The second-order valence-electron chi connectivity index (χ2n) is 4.62. The lowest BCUT2D eigenvalue weighted by Gasteiger charge is -2.17. The molecule has 1 fully saturated rings. The molecule has 2 rings (SSSR count). The van der Waals surface area contributed by atoms with Gasteiger partial charge in [0.1, 0.15) is 0 Å². The van der Waals surface area contributed by atoms with Crippen molar-refractivity contribution in [2.24, 2.45) is 5.92 Å². The van der Waals surface area contributed by atoms with Gasteiger partial charge in [0.15, 0.2) is 0 Å². The van der Waals surface area contributed by atoms with Crippen LogP contribution in [0.1, 0.15) is 25.3 Å². The summed E-state index contributed by atoms with van der Waals surface area (Å²) in [6.45, 7) is 5.19. The Balaban J connectivity index is 1.74. The summed E-state index contributed by atoms with van der Waals surface area (Å²) in [6.07, 6.45) is 2.81. The van der Waals surface area contributed by atoms with Crippen LogP contribution < -0.4 is 5.32 Å². The number of nitrogens with one attached hydrogen (secondary N) is 1. The van der Waals surface area contributed by atoms with Crippen molar-refractivity contribution in [2.45, 2.75) is 32.4 Å². The molecule has 2 atom stereocenters. The van der Waals surface area contributed by atoms with E-state index < -0.39 is 0 Å². The van der Waals surface area contributed by atoms with Crippen LogP contribution in [0.3, 0.4) is 0 Å². The molecule has 2 nitrogen and oxygen atoms in total. The number of hydrogen-bond acceptors (Lipinski definition) is 2. The van der Waals surface area contributed by atoms with Crippen LogP contribution in [0.4, 0.5) is 0 Å². The van der Waals surface area contributed by atoms with E-state index in [0.717, 1.165) is 26.1 Å². The lowest BCUT2D eigenvalue weighted by atomic mass is 9.99. The maximum atomic E-state index is 5.69. The van der Waals surface area contributed by atoms with Gasteiger partial charge < -0.3 is 10.1 Å². The van der Waals surface area contributed by atoms with E-state index in [0.29, 0.717) is 12.0 Å². The third kappa shape index (κ3) is 3.93. The number of hydrogen-bond donors (Lipinski definition) is 1. The minimum Gasteiger partial charge on any atom is -0.378 e. The number of halogens is 1. The zero-order valence-electron chi connectivity index (χ0n) is 10.3. The molecular formula is C14H20INO. The molecule has 1 N–H and O–H groups in total. The first kappa shape index (κ1) is 13.3. The van der Waals surface area contributed by atoms with Gasteiger partial charge in [0.2, 0.25) is 0 Å². The van der Waals surface area contributed by atoms with Crippen LogP contribution in [0.2, 0.25) is 0 Å². The molecule has 1 aliphatic heterocycles. The van der Waals surface area contributed by atoms with Gasteiger partial charge in [-0.3, -0.25) is 0 Å². The van der Waals surface area contributed by atoms with Gasteiger partial charge in [0.05, 0.1) is 6.10 Å². The van der Waals surface area contributed by atoms with Crippen molar-refractivity contribution in [3.8, 4) is 0 Å². The summed E-state index contributed by atoms with van der Waals surface area (Å²) in [7, 11) is 0. The number of rotatable bonds is 5. The first-order chi connectivity index (χ1) is 8.29. The minimum atomic E-state index is 0.472. The summed E-state index contributed by atoms with van der Waals surface area (Å²) >= 11 is 2.34. The molecule has 0 aromatic heterocycles. The van der Waals surface area contributed by atoms with Gasteiger partial charge in [-0.1, -0.05) is 19.1 Å². The van der Waals surface area contributed by atoms with Crippen molar-refractivity contribution >= 4 is 22.6 Å². The molecule has 0 spiro atoms. The van der Waals surface area contributed by atoms with E-state index in [1.54, 1.807) is 0 Å². The van der Waals surface area contributed by atoms with Crippen molar-refractivity contribution in [2.75, 3.05) is 13.2 Å². The van der Waals surface area contributed by atoms with E-state index in [1.807, 2.05) is 0 Å². The molecule has 94 valence electrons. The topological polar surface area (TPSA) is 21.3 Å². The van der Waals surface area contributed by atoms with E-state index in [2.05, 4.69) is 59.1 Å². The molecule has 1 aliphatic rings. The maximum absolute atomic E-state index is 5.69. The molecule has 0 amide bonds. The Bertz CT molecular complexity index is 339. The molecular weight excluding hydrogens is 325 g/mol. The monoisotopic (exact) mass is 345 g/mol. The molecule has 0 radical (unpaired) electrons. The fraction of sp³-hybridized carbons (Fsp3) is 0.571. The molecule has 1 heterocycles. The Labute approximate surface area is 117 Å². The predicted octanol–water partition coefficient (Wildman–Crippen LogP) is 3.20. The van der Waals surface area contributed by atoms with Gasteiger partial charge in [-0.25, -0.2) is 0 Å². The maximum Gasteiger partial charge on any atom is 0.0613 e. The molecule has 3 heteroatoms. The zero-order valence-corrected chi connectivity index (χ0v) is 12.4. The van der Waals surface area contributed by atoms with Crippen LogP contribution in [-0.4, -0.2) is 19.3 Å². The van der Waals surface area contributed by atoms with E-state index in [-0.39, 0.29) is 0 Å². The Morgan fingerprint density at radius 2 is 2.12 bits per heavy atom. The first-order valence-electron chi connectivity index (χ1n) is 6.36. The quantitative estimate of drug-likeness (QED) is 0.828. The van der Waals surface area contributed by atoms with Crippen LogP contribution >= 0.6 is 22.6 Å². The fourth-order valence-electron chi connectivity index (χ4n) is 2.38. The number of benzene rings is 1. The van der Waals surface area contributed by atoms with Gasteiger partial charge >= 0.3 is 0 Å². The van der Waals surface area contributed by atoms with Gasteiger partial charge in [-0.05, 0) is 59.0 Å². The molecule has 0 bridgehead atoms. The van der Waals surface area contributed by atoms with Gasteiger partial charge in [-0.2, -0.15) is 0 Å². The van der Waals surface area contributed by atoms with Crippen LogP contribution in [0.5, 0.6) is 0 Å². The average molecular weight is 345 g/mol. The van der Waals surface area contributed by atoms with Crippen LogP contribution in [-0.2, 0) is 11.3 Å². The second-order valence-corrected chi connectivity index (χ2v) is 5.87. The Hall–Kier alpha value is -0.130. The first-order valence-corrected chi connectivity index (χ1v) is 7.44. The highest BCUT2D eigenvalue weighted by Gasteiger charge is 2.25. The van der Waals surface area contributed by atoms with E-state index in [9.17, 15) is 0 Å². The van der Waals surface area contributed by atoms with Crippen molar-refractivity contribution in [3.63, 3.8) is 0 Å². The van der Waals surface area contributed by atoms with Crippen molar-refractivity contribution in [3.05, 3.63) is 33.4 Å². The molecule has 1 aromatic rings. The Kier molecular flexibility index (Phi) is 5.25.